The van der Waals surface area contributed by atoms with Gasteiger partial charge in [-0.3, -0.25) is 10.5 Å². The van der Waals surface area contributed by atoms with E-state index in [1.54, 1.807) is 30.3 Å². The van der Waals surface area contributed by atoms with Crippen molar-refractivity contribution in [3.05, 3.63) is 35.9 Å². The number of Topliss-reactive ketones (excluding diaryl/α,β-unsaturated/α-hetero) is 1. The molecule has 0 spiro atoms. The first-order valence-corrected chi connectivity index (χ1v) is 3.79. The minimum atomic E-state index is -1.90. The summed E-state index contributed by atoms with van der Waals surface area (Å²) in [6.45, 7) is -2.23. The van der Waals surface area contributed by atoms with Gasteiger partial charge >= 0.3 is 0 Å². The smallest absolute Gasteiger partial charge is 0.253 e. The largest absolute Gasteiger partial charge is 0.328 e. The van der Waals surface area contributed by atoms with E-state index in [0.717, 1.165) is 0 Å². The molecule has 0 fully saturated rings. The lowest BCUT2D eigenvalue weighted by Crippen LogP contribution is -2.21. The van der Waals surface area contributed by atoms with Crippen LogP contribution in [0.2, 0.25) is 0 Å². The van der Waals surface area contributed by atoms with Crippen LogP contribution >= 0.6 is 0 Å². The SMILES string of the molecule is NC(F)OCC(=O)c1ccccc1. The first kappa shape index (κ1) is 9.83. The molecule has 2 N–H and O–H groups in total. The maximum absolute atomic E-state index is 12.0. The van der Waals surface area contributed by atoms with Crippen molar-refractivity contribution in [3.63, 3.8) is 0 Å². The fourth-order valence-corrected chi connectivity index (χ4v) is 0.863. The second kappa shape index (κ2) is 4.69. The van der Waals surface area contributed by atoms with Gasteiger partial charge < -0.3 is 4.74 Å². The third kappa shape index (κ3) is 3.31. The van der Waals surface area contributed by atoms with Gasteiger partial charge in [0.1, 0.15) is 6.61 Å². The Morgan fingerprint density at radius 3 is 2.62 bits per heavy atom. The molecule has 1 unspecified atom stereocenters. The Labute approximate surface area is 75.3 Å². The van der Waals surface area contributed by atoms with Gasteiger partial charge in [-0.05, 0) is 0 Å². The average molecular weight is 183 g/mol. The number of halogens is 1. The highest BCUT2D eigenvalue weighted by atomic mass is 19.1. The lowest BCUT2D eigenvalue weighted by atomic mass is 10.1. The number of hydrogen-bond donors (Lipinski definition) is 1. The maximum Gasteiger partial charge on any atom is 0.253 e. The summed E-state index contributed by atoms with van der Waals surface area (Å²) < 4.78 is 16.3. The van der Waals surface area contributed by atoms with Crippen molar-refractivity contribution < 1.29 is 13.9 Å². The quantitative estimate of drug-likeness (QED) is 0.432. The molecule has 1 atom stereocenters. The number of benzene rings is 1. The molecule has 0 aliphatic carbocycles. The number of carbonyl (C=O) groups is 1. The predicted octanol–water partition coefficient (Wildman–Crippen LogP) is 1.10. The van der Waals surface area contributed by atoms with Gasteiger partial charge in [0.05, 0.1) is 0 Å². The molecular formula is C9H10FNO2. The van der Waals surface area contributed by atoms with E-state index in [1.807, 2.05) is 0 Å². The third-order valence-corrected chi connectivity index (χ3v) is 1.47. The maximum atomic E-state index is 12.0. The molecule has 0 saturated carbocycles. The number of nitrogens with two attached hydrogens (primary N) is 1. The van der Waals surface area contributed by atoms with Gasteiger partial charge in [-0.15, -0.1) is 0 Å². The molecule has 0 saturated heterocycles. The van der Waals surface area contributed by atoms with Gasteiger partial charge in [-0.25, -0.2) is 0 Å². The zero-order chi connectivity index (χ0) is 9.68. The molecular weight excluding hydrogens is 173 g/mol. The number of carbonyl (C=O) groups excluding carboxylic acids is 1. The van der Waals surface area contributed by atoms with Crippen LogP contribution in [0.4, 0.5) is 4.39 Å². The van der Waals surface area contributed by atoms with Gasteiger partial charge in [0.15, 0.2) is 5.78 Å². The van der Waals surface area contributed by atoms with Crippen LogP contribution in [0.5, 0.6) is 0 Å². The molecule has 3 nitrogen and oxygen atoms in total. The summed E-state index contributed by atoms with van der Waals surface area (Å²) in [4.78, 5) is 11.2. The van der Waals surface area contributed by atoms with Crippen LogP contribution in [-0.2, 0) is 4.74 Å². The highest BCUT2D eigenvalue weighted by Crippen LogP contribution is 2.00. The fourth-order valence-electron chi connectivity index (χ4n) is 0.863. The summed E-state index contributed by atoms with van der Waals surface area (Å²) in [5, 5.41) is 0. The predicted molar refractivity (Wildman–Crippen MR) is 45.8 cm³/mol. The normalized spacial score (nSPS) is 12.5. The van der Waals surface area contributed by atoms with Crippen molar-refractivity contribution in [1.82, 2.24) is 0 Å². The molecule has 1 aromatic carbocycles. The fraction of sp³-hybridized carbons (Fsp3) is 0.222. The van der Waals surface area contributed by atoms with Crippen LogP contribution in [0, 0.1) is 0 Å². The van der Waals surface area contributed by atoms with Crippen molar-refractivity contribution in [2.24, 2.45) is 5.73 Å². The molecule has 4 heteroatoms. The Kier molecular flexibility index (Phi) is 3.54. The van der Waals surface area contributed by atoms with E-state index in [1.165, 1.54) is 0 Å². The molecule has 1 aromatic rings. The van der Waals surface area contributed by atoms with Gasteiger partial charge in [0.25, 0.3) is 6.48 Å². The second-order valence-corrected chi connectivity index (χ2v) is 2.45. The minimum absolute atomic E-state index is 0.284. The number of hydrogen-bond acceptors (Lipinski definition) is 3. The molecule has 13 heavy (non-hydrogen) atoms. The summed E-state index contributed by atoms with van der Waals surface area (Å²) >= 11 is 0. The summed E-state index contributed by atoms with van der Waals surface area (Å²) in [7, 11) is 0. The number of ether oxygens (including phenoxy) is 1. The lowest BCUT2D eigenvalue weighted by Gasteiger charge is -2.03. The van der Waals surface area contributed by atoms with Crippen molar-refractivity contribution in [3.8, 4) is 0 Å². The van der Waals surface area contributed by atoms with E-state index in [0.29, 0.717) is 5.56 Å². The van der Waals surface area contributed by atoms with Crippen molar-refractivity contribution in [1.29, 1.82) is 0 Å². The van der Waals surface area contributed by atoms with Crippen LogP contribution < -0.4 is 5.73 Å². The Morgan fingerprint density at radius 1 is 1.46 bits per heavy atom. The third-order valence-electron chi connectivity index (χ3n) is 1.47. The summed E-state index contributed by atoms with van der Waals surface area (Å²) in [5.74, 6) is -0.284. The highest BCUT2D eigenvalue weighted by molar-refractivity contribution is 5.96. The zero-order valence-corrected chi connectivity index (χ0v) is 6.94. The van der Waals surface area contributed by atoms with Gasteiger partial charge in [0.2, 0.25) is 0 Å². The Bertz CT molecular complexity index is 274. The Balaban J connectivity index is 2.50. The van der Waals surface area contributed by atoms with Crippen molar-refractivity contribution >= 4 is 5.78 Å². The van der Waals surface area contributed by atoms with Crippen LogP contribution in [0.1, 0.15) is 10.4 Å². The molecule has 70 valence electrons. The highest BCUT2D eigenvalue weighted by Gasteiger charge is 2.06. The van der Waals surface area contributed by atoms with E-state index >= 15 is 0 Å². The lowest BCUT2D eigenvalue weighted by molar-refractivity contribution is -0.0252. The van der Waals surface area contributed by atoms with Crippen molar-refractivity contribution in [2.75, 3.05) is 6.61 Å². The zero-order valence-electron chi connectivity index (χ0n) is 6.94. The Hall–Kier alpha value is -1.26. The van der Waals surface area contributed by atoms with Crippen molar-refractivity contribution in [2.45, 2.75) is 6.48 Å². The number of ketones is 1. The molecule has 0 amide bonds. The molecule has 0 aliphatic rings. The minimum Gasteiger partial charge on any atom is -0.328 e. The number of alkyl halides is 1. The first-order valence-electron chi connectivity index (χ1n) is 3.79. The first-order chi connectivity index (χ1) is 6.20. The standard InChI is InChI=1S/C9H10FNO2/c10-9(11)13-6-8(12)7-4-2-1-3-5-7/h1-5,9H,6,11H2. The van der Waals surface area contributed by atoms with Crippen LogP contribution in [0.15, 0.2) is 30.3 Å². The summed E-state index contributed by atoms with van der Waals surface area (Å²) in [6, 6.07) is 8.51. The van der Waals surface area contributed by atoms with E-state index < -0.39 is 6.48 Å². The van der Waals surface area contributed by atoms with E-state index in [4.69, 9.17) is 0 Å². The van der Waals surface area contributed by atoms with E-state index in [9.17, 15) is 9.18 Å². The van der Waals surface area contributed by atoms with Gasteiger partial charge in [-0.2, -0.15) is 4.39 Å². The van der Waals surface area contributed by atoms with Crippen LogP contribution in [-0.4, -0.2) is 18.9 Å². The Morgan fingerprint density at radius 2 is 2.08 bits per heavy atom. The molecule has 0 aliphatic heterocycles. The van der Waals surface area contributed by atoms with E-state index in [-0.39, 0.29) is 12.4 Å². The van der Waals surface area contributed by atoms with Crippen LogP contribution in [0.3, 0.4) is 0 Å². The summed E-state index contributed by atoms with van der Waals surface area (Å²) in [6.07, 6.45) is 0. The average Bonchev–Trinajstić information content (AvgIpc) is 2.15. The number of rotatable bonds is 4. The molecule has 0 heterocycles. The summed E-state index contributed by atoms with van der Waals surface area (Å²) in [5.41, 5.74) is 5.17. The molecule has 1 rings (SSSR count). The monoisotopic (exact) mass is 183 g/mol. The molecule has 0 bridgehead atoms. The molecule has 0 radical (unpaired) electrons. The topological polar surface area (TPSA) is 52.3 Å². The van der Waals surface area contributed by atoms with E-state index in [2.05, 4.69) is 10.5 Å². The second-order valence-electron chi connectivity index (χ2n) is 2.45. The van der Waals surface area contributed by atoms with Gasteiger partial charge in [-0.1, -0.05) is 30.3 Å². The molecule has 0 aromatic heterocycles. The van der Waals surface area contributed by atoms with Crippen LogP contribution in [0.25, 0.3) is 0 Å². The van der Waals surface area contributed by atoms with Gasteiger partial charge in [0, 0.05) is 5.56 Å².